The molecule has 1 aromatic heterocycles. The van der Waals surface area contributed by atoms with E-state index in [1.54, 1.807) is 33.8 Å². The quantitative estimate of drug-likeness (QED) is 0.151. The molecule has 0 N–H and O–H groups in total. The summed E-state index contributed by atoms with van der Waals surface area (Å²) in [7, 11) is 2.39. The van der Waals surface area contributed by atoms with Gasteiger partial charge in [-0.05, 0) is 38.7 Å². The molecule has 6 unspecified atom stereocenters. The zero-order chi connectivity index (χ0) is 45.8. The maximum absolute atomic E-state index is 14.3. The number of fused-ring (bicyclic) bond motifs is 2. The van der Waals surface area contributed by atoms with Crippen LogP contribution in [-0.4, -0.2) is 103 Å². The minimum Gasteiger partial charge on any atom is -0.472 e. The molecule has 18 nitrogen and oxygen atoms in total. The van der Waals surface area contributed by atoms with Gasteiger partial charge in [0.15, 0.2) is 23.4 Å². The first-order chi connectivity index (χ1) is 28.9. The molecule has 6 fully saturated rings. The van der Waals surface area contributed by atoms with Crippen molar-refractivity contribution in [3.05, 3.63) is 35.8 Å². The summed E-state index contributed by atoms with van der Waals surface area (Å²) in [6.45, 7) is 14.9. The second-order valence-corrected chi connectivity index (χ2v) is 18.3. The van der Waals surface area contributed by atoms with Gasteiger partial charge in [0, 0.05) is 73.8 Å². The van der Waals surface area contributed by atoms with Crippen LogP contribution < -0.4 is 0 Å². The number of hydrogen-bond acceptors (Lipinski definition) is 18. The van der Waals surface area contributed by atoms with Crippen molar-refractivity contribution >= 4 is 41.8 Å². The highest BCUT2D eigenvalue weighted by atomic mass is 16.9. The van der Waals surface area contributed by atoms with Crippen LogP contribution >= 0.6 is 0 Å². The van der Waals surface area contributed by atoms with E-state index in [0.29, 0.717) is 5.56 Å². The molecular formula is C44H56O18. The van der Waals surface area contributed by atoms with Gasteiger partial charge >= 0.3 is 41.8 Å². The van der Waals surface area contributed by atoms with Crippen molar-refractivity contribution in [2.75, 3.05) is 14.2 Å². The monoisotopic (exact) mass is 872 g/mol. The summed E-state index contributed by atoms with van der Waals surface area (Å²) in [6.07, 6.45) is -3.53. The molecule has 6 aliphatic rings. The van der Waals surface area contributed by atoms with Crippen LogP contribution in [-0.2, 0) is 80.9 Å². The number of esters is 7. The van der Waals surface area contributed by atoms with Crippen molar-refractivity contribution in [3.8, 4) is 0 Å². The Kier molecular flexibility index (Phi) is 10.7. The fourth-order valence-corrected chi connectivity index (χ4v) is 13.5. The van der Waals surface area contributed by atoms with E-state index in [2.05, 4.69) is 0 Å². The number of allylic oxidation sites excluding steroid dienone is 1. The van der Waals surface area contributed by atoms with Crippen molar-refractivity contribution in [1.82, 2.24) is 0 Å². The molecule has 4 saturated carbocycles. The zero-order valence-corrected chi connectivity index (χ0v) is 37.2. The van der Waals surface area contributed by atoms with Crippen LogP contribution in [0.4, 0.5) is 0 Å². The van der Waals surface area contributed by atoms with Crippen LogP contribution in [0.1, 0.15) is 113 Å². The van der Waals surface area contributed by atoms with Gasteiger partial charge in [0.2, 0.25) is 5.60 Å². The molecule has 18 heteroatoms. The minimum atomic E-state index is -2.37. The number of furan rings is 1. The Labute approximate surface area is 358 Å². The SMILES string of the molecule is C/C=C(\C)C(=O)OC1C2(OC(C)=O)C(OC(=O)CC)[C@]34OC5(C)OC26C[C@@]1(C)[C@H](CC(=O)OC)[C@@]6(C)[C@@]3(O5)C(OC(C)=O)C[C@](C)([C@H](OC(C)=O)c1ccoc1)[C@H]4CC(=O)OC. The smallest absolute Gasteiger partial charge is 0.333 e. The van der Waals surface area contributed by atoms with E-state index in [1.807, 2.05) is 0 Å². The maximum Gasteiger partial charge on any atom is 0.333 e. The predicted octanol–water partition coefficient (Wildman–Crippen LogP) is 4.50. The van der Waals surface area contributed by atoms with Gasteiger partial charge in [0.05, 0.1) is 33.2 Å². The molecule has 0 aromatic carbocycles. The van der Waals surface area contributed by atoms with E-state index in [0.717, 1.165) is 6.92 Å². The number of rotatable bonds is 13. The molecular weight excluding hydrogens is 816 g/mol. The Hall–Kier alpha value is -4.81. The topological polar surface area (TPSA) is 225 Å². The Bertz CT molecular complexity index is 2110. The van der Waals surface area contributed by atoms with E-state index in [-0.39, 0.29) is 31.3 Å². The Morgan fingerprint density at radius 2 is 1.45 bits per heavy atom. The van der Waals surface area contributed by atoms with Gasteiger partial charge in [-0.2, -0.15) is 0 Å². The first-order valence-electron chi connectivity index (χ1n) is 20.8. The Morgan fingerprint density at radius 1 is 0.806 bits per heavy atom. The van der Waals surface area contributed by atoms with Gasteiger partial charge < -0.3 is 51.8 Å². The molecule has 14 atom stereocenters. The molecule has 4 aliphatic carbocycles. The lowest BCUT2D eigenvalue weighted by atomic mass is 9.33. The molecule has 4 bridgehead atoms. The summed E-state index contributed by atoms with van der Waals surface area (Å²) in [6, 6.07) is 1.56. The van der Waals surface area contributed by atoms with Gasteiger partial charge in [-0.3, -0.25) is 28.8 Å². The summed E-state index contributed by atoms with van der Waals surface area (Å²) in [4.78, 5) is 97.3. The summed E-state index contributed by atoms with van der Waals surface area (Å²) >= 11 is 0. The fourth-order valence-electron chi connectivity index (χ4n) is 13.5. The van der Waals surface area contributed by atoms with Gasteiger partial charge in [-0.25, -0.2) is 4.79 Å². The number of methoxy groups -OCH3 is 2. The summed E-state index contributed by atoms with van der Waals surface area (Å²) in [5.41, 5.74) is -13.0. The summed E-state index contributed by atoms with van der Waals surface area (Å²) < 4.78 is 70.5. The maximum atomic E-state index is 14.3. The van der Waals surface area contributed by atoms with Crippen LogP contribution in [0.5, 0.6) is 0 Å². The summed E-state index contributed by atoms with van der Waals surface area (Å²) in [5, 5.41) is 0. The van der Waals surface area contributed by atoms with Gasteiger partial charge in [0.1, 0.15) is 17.8 Å². The van der Waals surface area contributed by atoms with Gasteiger partial charge in [-0.15, -0.1) is 0 Å². The normalized spacial score (nSPS) is 42.3. The number of carbonyl (C=O) groups is 7. The van der Waals surface area contributed by atoms with Crippen molar-refractivity contribution in [3.63, 3.8) is 0 Å². The highest BCUT2D eigenvalue weighted by molar-refractivity contribution is 5.88. The van der Waals surface area contributed by atoms with Gasteiger partial charge in [0.25, 0.3) is 5.97 Å². The number of ether oxygens (including phenoxy) is 10. The number of hydrogen-bond donors (Lipinski definition) is 0. The highest BCUT2D eigenvalue weighted by Crippen LogP contribution is 2.90. The van der Waals surface area contributed by atoms with Crippen molar-refractivity contribution in [2.24, 2.45) is 28.1 Å². The van der Waals surface area contributed by atoms with Gasteiger partial charge in [-0.1, -0.05) is 33.8 Å². The molecule has 7 rings (SSSR count). The molecule has 2 spiro atoms. The minimum absolute atomic E-state index is 0.116. The van der Waals surface area contributed by atoms with E-state index < -0.39 is 129 Å². The molecule has 0 amide bonds. The Morgan fingerprint density at radius 3 is 1.98 bits per heavy atom. The average Bonchev–Trinajstić information content (AvgIpc) is 3.90. The van der Waals surface area contributed by atoms with Crippen LogP contribution in [0.3, 0.4) is 0 Å². The predicted molar refractivity (Wildman–Crippen MR) is 206 cm³/mol. The third kappa shape index (κ3) is 5.47. The van der Waals surface area contributed by atoms with Crippen LogP contribution in [0.15, 0.2) is 34.7 Å². The van der Waals surface area contributed by atoms with E-state index >= 15 is 0 Å². The lowest BCUT2D eigenvalue weighted by Crippen LogP contribution is -2.96. The lowest BCUT2D eigenvalue weighted by Gasteiger charge is -2.77. The molecule has 62 heavy (non-hydrogen) atoms. The van der Waals surface area contributed by atoms with Crippen molar-refractivity contribution in [2.45, 2.75) is 154 Å². The highest BCUT2D eigenvalue weighted by Gasteiger charge is 3.06. The van der Waals surface area contributed by atoms with Crippen LogP contribution in [0.2, 0.25) is 0 Å². The second-order valence-electron chi connectivity index (χ2n) is 18.3. The molecule has 0 radical (unpaired) electrons. The van der Waals surface area contributed by atoms with Crippen molar-refractivity contribution < 1.29 is 85.3 Å². The third-order valence-electron chi connectivity index (χ3n) is 15.2. The largest absolute Gasteiger partial charge is 0.472 e. The third-order valence-corrected chi connectivity index (χ3v) is 15.2. The van der Waals surface area contributed by atoms with Crippen LogP contribution in [0.25, 0.3) is 0 Å². The lowest BCUT2D eigenvalue weighted by molar-refractivity contribution is -0.486. The van der Waals surface area contributed by atoms with E-state index in [1.165, 1.54) is 67.4 Å². The summed E-state index contributed by atoms with van der Waals surface area (Å²) in [5.74, 6) is -10.1. The number of carbonyl (C=O) groups excluding carboxylic acids is 7. The Balaban J connectivity index is 1.72. The molecule has 3 heterocycles. The molecule has 2 saturated heterocycles. The van der Waals surface area contributed by atoms with E-state index in [9.17, 15) is 33.6 Å². The van der Waals surface area contributed by atoms with Crippen molar-refractivity contribution in [1.29, 1.82) is 0 Å². The molecule has 1 aromatic rings. The van der Waals surface area contributed by atoms with Crippen LogP contribution in [0, 0.1) is 28.1 Å². The molecule has 340 valence electrons. The second kappa shape index (κ2) is 14.6. The fraction of sp³-hybridized carbons (Fsp3) is 0.705. The zero-order valence-electron chi connectivity index (χ0n) is 37.2. The molecule has 2 aliphatic heterocycles. The first kappa shape index (κ1) is 45.2. The first-order valence-corrected chi connectivity index (χ1v) is 20.8. The van der Waals surface area contributed by atoms with E-state index in [4.69, 9.17) is 51.8 Å². The average molecular weight is 873 g/mol. The standard InChI is InChI=1S/C44H56O18/c1-13-22(3)34(51)58-35-38(8)21-41-39(9,27(38)17-31(49)52-11)44-29(55-23(4)45)19-37(7,33(56-24(5)46)26-15-16-54-20-26)28(18-32(50)53-12)42(44,61-40(10,60-41)62-44)36(57-30(48)14-2)43(35,41)59-25(6)47/h13,15-16,20,27-29,33,35-36H,14,17-19,21H2,1-12H3/b22-13+/t27-,28+,29?,33+,35?,36?,37-,38-,39+,40?,41?,42-,43?,44-/m0/s1.